The van der Waals surface area contributed by atoms with Crippen molar-refractivity contribution in [2.75, 3.05) is 69.2 Å². The Bertz CT molecular complexity index is 976. The van der Waals surface area contributed by atoms with E-state index in [1.54, 1.807) is 12.1 Å². The molecule has 2 saturated heterocycles. The predicted molar refractivity (Wildman–Crippen MR) is 123 cm³/mol. The monoisotopic (exact) mass is 438 g/mol. The summed E-state index contributed by atoms with van der Waals surface area (Å²) in [5.74, 6) is 2.64. The largest absolute Gasteiger partial charge is 0.354 e. The van der Waals surface area contributed by atoms with E-state index in [4.69, 9.17) is 4.98 Å². The summed E-state index contributed by atoms with van der Waals surface area (Å²) in [6.07, 6.45) is 1.69. The van der Waals surface area contributed by atoms with Gasteiger partial charge in [-0.05, 0) is 44.5 Å². The first-order valence-electron chi connectivity index (χ1n) is 11.5. The van der Waals surface area contributed by atoms with E-state index < -0.39 is 5.41 Å². The Morgan fingerprint density at radius 3 is 1.94 bits per heavy atom. The molecule has 3 aliphatic rings. The second-order valence-electron chi connectivity index (χ2n) is 9.29. The Hall–Kier alpha value is -2.74. The van der Waals surface area contributed by atoms with Gasteiger partial charge in [0.25, 0.3) is 0 Å². The molecule has 1 amide bonds. The number of piperazine rings is 2. The first kappa shape index (κ1) is 21.1. The molecule has 3 heterocycles. The van der Waals surface area contributed by atoms with Gasteiger partial charge in [0, 0.05) is 58.4 Å². The summed E-state index contributed by atoms with van der Waals surface area (Å²) in [6.45, 7) is 8.82. The van der Waals surface area contributed by atoms with Crippen LogP contribution in [0.5, 0.6) is 0 Å². The van der Waals surface area contributed by atoms with Gasteiger partial charge in [-0.3, -0.25) is 4.79 Å². The number of carbonyl (C=O) groups is 1. The zero-order chi connectivity index (χ0) is 22.3. The fourth-order valence-corrected chi connectivity index (χ4v) is 4.86. The zero-order valence-corrected chi connectivity index (χ0v) is 18.9. The number of benzene rings is 1. The molecule has 0 N–H and O–H groups in total. The lowest BCUT2D eigenvalue weighted by atomic mass is 9.94. The quantitative estimate of drug-likeness (QED) is 0.729. The fourth-order valence-electron chi connectivity index (χ4n) is 4.86. The minimum atomic E-state index is -0.448. The molecular formula is C24H31FN6O. The molecule has 1 aliphatic carbocycles. The summed E-state index contributed by atoms with van der Waals surface area (Å²) < 4.78 is 13.3. The predicted octanol–water partition coefficient (Wildman–Crippen LogP) is 2.06. The number of aryl methyl sites for hydroxylation is 1. The van der Waals surface area contributed by atoms with E-state index in [9.17, 15) is 9.18 Å². The Balaban J connectivity index is 1.25. The molecule has 0 unspecified atom stereocenters. The van der Waals surface area contributed by atoms with Gasteiger partial charge in [0.2, 0.25) is 5.91 Å². The minimum Gasteiger partial charge on any atom is -0.354 e. The molecule has 1 saturated carbocycles. The molecule has 32 heavy (non-hydrogen) atoms. The molecule has 170 valence electrons. The Labute approximate surface area is 188 Å². The minimum absolute atomic E-state index is 0.181. The number of aromatic nitrogens is 2. The number of hydrogen-bond acceptors (Lipinski definition) is 6. The molecule has 2 aromatic rings. The zero-order valence-electron chi connectivity index (χ0n) is 18.9. The van der Waals surface area contributed by atoms with Crippen molar-refractivity contribution >= 4 is 17.5 Å². The third kappa shape index (κ3) is 4.03. The highest BCUT2D eigenvalue weighted by molar-refractivity contribution is 5.91. The Morgan fingerprint density at radius 2 is 1.41 bits per heavy atom. The summed E-state index contributed by atoms with van der Waals surface area (Å²) in [4.78, 5) is 31.6. The molecule has 3 fully saturated rings. The van der Waals surface area contributed by atoms with E-state index in [2.05, 4.69) is 32.8 Å². The van der Waals surface area contributed by atoms with Gasteiger partial charge in [0.1, 0.15) is 23.3 Å². The molecule has 0 atom stereocenters. The second kappa shape index (κ2) is 8.31. The van der Waals surface area contributed by atoms with Gasteiger partial charge in [0.15, 0.2) is 0 Å². The maximum Gasteiger partial charge on any atom is 0.233 e. The molecule has 0 bridgehead atoms. The van der Waals surface area contributed by atoms with E-state index in [1.165, 1.54) is 12.1 Å². The van der Waals surface area contributed by atoms with E-state index in [0.29, 0.717) is 13.1 Å². The summed E-state index contributed by atoms with van der Waals surface area (Å²) in [7, 11) is 2.15. The maximum absolute atomic E-state index is 13.3. The lowest BCUT2D eigenvalue weighted by molar-refractivity contribution is -0.134. The number of rotatable bonds is 4. The van der Waals surface area contributed by atoms with Gasteiger partial charge in [-0.1, -0.05) is 12.1 Å². The van der Waals surface area contributed by atoms with Gasteiger partial charge >= 0.3 is 0 Å². The molecule has 0 radical (unpaired) electrons. The van der Waals surface area contributed by atoms with Gasteiger partial charge in [0.05, 0.1) is 5.41 Å². The lowest BCUT2D eigenvalue weighted by Gasteiger charge is -2.38. The summed E-state index contributed by atoms with van der Waals surface area (Å²) in [5.41, 5.74) is 0.491. The van der Waals surface area contributed by atoms with Crippen LogP contribution in [0.4, 0.5) is 16.0 Å². The van der Waals surface area contributed by atoms with Crippen LogP contribution in [0.25, 0.3) is 0 Å². The van der Waals surface area contributed by atoms with E-state index in [-0.39, 0.29) is 11.7 Å². The van der Waals surface area contributed by atoms with Crippen molar-refractivity contribution in [2.45, 2.75) is 25.2 Å². The van der Waals surface area contributed by atoms with Crippen molar-refractivity contribution in [3.8, 4) is 0 Å². The summed E-state index contributed by atoms with van der Waals surface area (Å²) >= 11 is 0. The van der Waals surface area contributed by atoms with Gasteiger partial charge in [-0.15, -0.1) is 0 Å². The number of anilines is 2. The van der Waals surface area contributed by atoms with Gasteiger partial charge in [-0.25, -0.2) is 14.4 Å². The summed E-state index contributed by atoms with van der Waals surface area (Å²) in [6, 6.07) is 8.53. The van der Waals surface area contributed by atoms with Crippen LogP contribution in [-0.2, 0) is 10.2 Å². The van der Waals surface area contributed by atoms with E-state index in [0.717, 1.165) is 75.1 Å². The molecule has 7 nitrogen and oxygen atoms in total. The highest BCUT2D eigenvalue weighted by Gasteiger charge is 2.53. The third-order valence-corrected chi connectivity index (χ3v) is 7.09. The SMILES string of the molecule is Cc1nc(N2CCN(C)CC2)cc(N2CCN(C(=O)C3(c4ccc(F)cc4)CC3)CC2)n1. The number of amides is 1. The van der Waals surface area contributed by atoms with Crippen molar-refractivity contribution in [1.29, 1.82) is 0 Å². The molecule has 5 rings (SSSR count). The molecule has 2 aliphatic heterocycles. The van der Waals surface area contributed by atoms with Gasteiger partial charge < -0.3 is 19.6 Å². The molecule has 8 heteroatoms. The van der Waals surface area contributed by atoms with E-state index in [1.807, 2.05) is 11.8 Å². The molecule has 0 spiro atoms. The highest BCUT2D eigenvalue weighted by Crippen LogP contribution is 2.49. The number of hydrogen-bond donors (Lipinski definition) is 0. The van der Waals surface area contributed by atoms with Crippen LogP contribution in [0.3, 0.4) is 0 Å². The van der Waals surface area contributed by atoms with Crippen LogP contribution in [0, 0.1) is 12.7 Å². The van der Waals surface area contributed by atoms with Crippen molar-refractivity contribution in [3.63, 3.8) is 0 Å². The average Bonchev–Trinajstić information content (AvgIpc) is 3.61. The van der Waals surface area contributed by atoms with Crippen molar-refractivity contribution in [3.05, 3.63) is 47.5 Å². The Kier molecular flexibility index (Phi) is 5.49. The Morgan fingerprint density at radius 1 is 0.875 bits per heavy atom. The van der Waals surface area contributed by atoms with Gasteiger partial charge in [-0.2, -0.15) is 0 Å². The van der Waals surface area contributed by atoms with Crippen LogP contribution >= 0.6 is 0 Å². The third-order valence-electron chi connectivity index (χ3n) is 7.09. The molecular weight excluding hydrogens is 407 g/mol. The molecule has 1 aromatic heterocycles. The van der Waals surface area contributed by atoms with Crippen molar-refractivity contribution in [1.82, 2.24) is 19.8 Å². The smallest absolute Gasteiger partial charge is 0.233 e. The van der Waals surface area contributed by atoms with Crippen LogP contribution in [0.15, 0.2) is 30.3 Å². The first-order chi connectivity index (χ1) is 15.4. The normalized spacial score (nSPS) is 21.0. The lowest BCUT2D eigenvalue weighted by Crippen LogP contribution is -2.52. The summed E-state index contributed by atoms with van der Waals surface area (Å²) in [5, 5.41) is 0. The second-order valence-corrected chi connectivity index (χ2v) is 9.29. The van der Waals surface area contributed by atoms with Crippen LogP contribution < -0.4 is 9.80 Å². The standard InChI is InChI=1S/C24H31FN6O/c1-18-26-21(29-11-9-28(2)10-12-29)17-22(27-18)30-13-15-31(16-14-30)23(32)24(7-8-24)19-3-5-20(25)6-4-19/h3-6,17H,7-16H2,1-2H3. The van der Waals surface area contributed by atoms with E-state index >= 15 is 0 Å². The number of nitrogens with zero attached hydrogens (tertiary/aromatic N) is 6. The van der Waals surface area contributed by atoms with Crippen molar-refractivity contribution in [2.24, 2.45) is 0 Å². The first-order valence-corrected chi connectivity index (χ1v) is 11.5. The average molecular weight is 439 g/mol. The molecule has 1 aromatic carbocycles. The van der Waals surface area contributed by atoms with Crippen LogP contribution in [0.2, 0.25) is 0 Å². The highest BCUT2D eigenvalue weighted by atomic mass is 19.1. The van der Waals surface area contributed by atoms with Crippen molar-refractivity contribution < 1.29 is 9.18 Å². The number of carbonyl (C=O) groups excluding carboxylic acids is 1. The fraction of sp³-hybridized carbons (Fsp3) is 0.542. The number of halogens is 1. The topological polar surface area (TPSA) is 55.8 Å². The maximum atomic E-state index is 13.3. The number of likely N-dealkylation sites (N-methyl/N-ethyl adjacent to an activating group) is 1. The van der Waals surface area contributed by atoms with Crippen LogP contribution in [-0.4, -0.2) is 85.1 Å². The van der Waals surface area contributed by atoms with Crippen LogP contribution in [0.1, 0.15) is 24.2 Å².